The number of benzene rings is 1. The highest BCUT2D eigenvalue weighted by molar-refractivity contribution is 9.10. The van der Waals surface area contributed by atoms with Crippen molar-refractivity contribution in [1.82, 2.24) is 0 Å². The summed E-state index contributed by atoms with van der Waals surface area (Å²) in [6.45, 7) is -0.276. The maximum Gasteiger partial charge on any atom is 0.186 e. The predicted octanol–water partition coefficient (Wildman–Crippen LogP) is 1.78. The second-order valence-electron chi connectivity index (χ2n) is 1.73. The molecule has 1 aromatic carbocycles. The number of ether oxygens (including phenoxy) is 1. The summed E-state index contributed by atoms with van der Waals surface area (Å²) in [4.78, 5) is 0. The molecule has 1 rings (SSSR count). The van der Waals surface area contributed by atoms with E-state index in [0.717, 1.165) is 4.47 Å². The average molecular weight is 203 g/mol. The minimum absolute atomic E-state index is 0.276. The molecular formula is C7H7BrO2. The summed E-state index contributed by atoms with van der Waals surface area (Å²) in [5.74, 6) is 0.672. The Labute approximate surface area is 67.6 Å². The van der Waals surface area contributed by atoms with E-state index in [9.17, 15) is 0 Å². The number of halogens is 1. The Bertz CT molecular complexity index is 195. The summed E-state index contributed by atoms with van der Waals surface area (Å²) in [7, 11) is 0. The Kier molecular flexibility index (Phi) is 2.71. The normalized spacial score (nSPS) is 9.40. The van der Waals surface area contributed by atoms with Gasteiger partial charge in [0.05, 0.1) is 0 Å². The maximum absolute atomic E-state index is 8.36. The molecule has 1 N–H and O–H groups in total. The van der Waals surface area contributed by atoms with Crippen LogP contribution in [0.5, 0.6) is 5.75 Å². The van der Waals surface area contributed by atoms with Gasteiger partial charge in [-0.1, -0.05) is 15.9 Å². The van der Waals surface area contributed by atoms with Crippen molar-refractivity contribution in [3.63, 3.8) is 0 Å². The van der Waals surface area contributed by atoms with E-state index in [4.69, 9.17) is 9.84 Å². The molecule has 0 bridgehead atoms. The first kappa shape index (κ1) is 7.57. The molecule has 0 aliphatic rings. The number of hydrogen-bond donors (Lipinski definition) is 1. The molecule has 1 aromatic rings. The smallest absolute Gasteiger partial charge is 0.186 e. The van der Waals surface area contributed by atoms with E-state index in [-0.39, 0.29) is 6.79 Å². The molecule has 0 fully saturated rings. The molecule has 0 amide bonds. The average Bonchev–Trinajstić information content (AvgIpc) is 1.95. The second-order valence-corrected chi connectivity index (χ2v) is 2.64. The van der Waals surface area contributed by atoms with Crippen LogP contribution in [0.4, 0.5) is 0 Å². The third-order valence-electron chi connectivity index (χ3n) is 1.04. The number of rotatable bonds is 2. The van der Waals surface area contributed by atoms with Crippen LogP contribution in [0.25, 0.3) is 0 Å². The van der Waals surface area contributed by atoms with Crippen molar-refractivity contribution < 1.29 is 9.84 Å². The number of aliphatic hydroxyl groups is 1. The van der Waals surface area contributed by atoms with Crippen molar-refractivity contribution in [3.8, 4) is 5.75 Å². The van der Waals surface area contributed by atoms with Gasteiger partial charge in [-0.2, -0.15) is 0 Å². The fourth-order valence-electron chi connectivity index (χ4n) is 0.605. The third kappa shape index (κ3) is 2.01. The highest BCUT2D eigenvalue weighted by atomic mass is 79.9. The zero-order valence-electron chi connectivity index (χ0n) is 5.25. The number of hydrogen-bond acceptors (Lipinski definition) is 2. The van der Waals surface area contributed by atoms with E-state index >= 15 is 0 Å². The van der Waals surface area contributed by atoms with Crippen LogP contribution in [0.1, 0.15) is 0 Å². The lowest BCUT2D eigenvalue weighted by Crippen LogP contribution is -1.93. The summed E-state index contributed by atoms with van der Waals surface area (Å²) >= 11 is 3.28. The molecule has 0 saturated carbocycles. The quantitative estimate of drug-likeness (QED) is 0.742. The Balaban J connectivity index is 2.69. The maximum atomic E-state index is 8.36. The molecule has 2 nitrogen and oxygen atoms in total. The van der Waals surface area contributed by atoms with Gasteiger partial charge in [0, 0.05) is 4.47 Å². The molecule has 10 heavy (non-hydrogen) atoms. The van der Waals surface area contributed by atoms with Gasteiger partial charge >= 0.3 is 0 Å². The monoisotopic (exact) mass is 202 g/mol. The van der Waals surface area contributed by atoms with Crippen molar-refractivity contribution in [2.24, 2.45) is 0 Å². The summed E-state index contributed by atoms with van der Waals surface area (Å²) in [6, 6.07) is 7.26. The Morgan fingerprint density at radius 3 is 2.40 bits per heavy atom. The SMILES string of the molecule is OCOc1ccc(Br)cc1. The van der Waals surface area contributed by atoms with Gasteiger partial charge in [-0.25, -0.2) is 0 Å². The van der Waals surface area contributed by atoms with E-state index in [0.29, 0.717) is 5.75 Å². The molecule has 0 aliphatic heterocycles. The highest BCUT2D eigenvalue weighted by Crippen LogP contribution is 2.15. The first-order valence-electron chi connectivity index (χ1n) is 2.82. The Morgan fingerprint density at radius 1 is 1.30 bits per heavy atom. The van der Waals surface area contributed by atoms with Crippen LogP contribution < -0.4 is 4.74 Å². The van der Waals surface area contributed by atoms with Crippen LogP contribution in [-0.2, 0) is 0 Å². The van der Waals surface area contributed by atoms with Gasteiger partial charge in [0.25, 0.3) is 0 Å². The van der Waals surface area contributed by atoms with Gasteiger partial charge in [0.2, 0.25) is 0 Å². The van der Waals surface area contributed by atoms with Crippen molar-refractivity contribution in [2.75, 3.05) is 6.79 Å². The lowest BCUT2D eigenvalue weighted by atomic mass is 10.3. The molecule has 54 valence electrons. The van der Waals surface area contributed by atoms with Crippen LogP contribution in [-0.4, -0.2) is 11.9 Å². The van der Waals surface area contributed by atoms with Gasteiger partial charge in [-0.15, -0.1) is 0 Å². The van der Waals surface area contributed by atoms with Crippen molar-refractivity contribution in [1.29, 1.82) is 0 Å². The molecule has 3 heteroatoms. The van der Waals surface area contributed by atoms with Gasteiger partial charge in [-0.3, -0.25) is 0 Å². The molecular weight excluding hydrogens is 196 g/mol. The standard InChI is InChI=1S/C7H7BrO2/c8-6-1-3-7(4-2-6)10-5-9/h1-4,9H,5H2. The van der Waals surface area contributed by atoms with E-state index in [1.807, 2.05) is 12.1 Å². The Morgan fingerprint density at radius 2 is 1.90 bits per heavy atom. The van der Waals surface area contributed by atoms with Crippen LogP contribution >= 0.6 is 15.9 Å². The Hall–Kier alpha value is -0.540. The lowest BCUT2D eigenvalue weighted by Gasteiger charge is -1.99. The van der Waals surface area contributed by atoms with Crippen LogP contribution in [0.15, 0.2) is 28.7 Å². The van der Waals surface area contributed by atoms with E-state index in [1.54, 1.807) is 12.1 Å². The van der Waals surface area contributed by atoms with Crippen molar-refractivity contribution >= 4 is 15.9 Å². The molecule has 0 atom stereocenters. The summed E-state index contributed by atoms with van der Waals surface area (Å²) in [5, 5.41) is 8.36. The van der Waals surface area contributed by atoms with E-state index in [2.05, 4.69) is 15.9 Å². The van der Waals surface area contributed by atoms with Crippen LogP contribution in [0.3, 0.4) is 0 Å². The van der Waals surface area contributed by atoms with E-state index in [1.165, 1.54) is 0 Å². The lowest BCUT2D eigenvalue weighted by molar-refractivity contribution is 0.0985. The fraction of sp³-hybridized carbons (Fsp3) is 0.143. The minimum atomic E-state index is -0.276. The topological polar surface area (TPSA) is 29.5 Å². The van der Waals surface area contributed by atoms with Gasteiger partial charge in [-0.05, 0) is 24.3 Å². The van der Waals surface area contributed by atoms with Gasteiger partial charge in [0.15, 0.2) is 6.79 Å². The molecule has 0 unspecified atom stereocenters. The molecule has 0 aromatic heterocycles. The zero-order chi connectivity index (χ0) is 7.40. The summed E-state index contributed by atoms with van der Waals surface area (Å²) < 4.78 is 5.79. The first-order chi connectivity index (χ1) is 4.83. The van der Waals surface area contributed by atoms with Crippen molar-refractivity contribution in [2.45, 2.75) is 0 Å². The predicted molar refractivity (Wildman–Crippen MR) is 41.9 cm³/mol. The molecule has 0 aliphatic carbocycles. The molecule has 0 radical (unpaired) electrons. The van der Waals surface area contributed by atoms with Gasteiger partial charge < -0.3 is 9.84 Å². The van der Waals surface area contributed by atoms with Crippen LogP contribution in [0.2, 0.25) is 0 Å². The van der Waals surface area contributed by atoms with Crippen molar-refractivity contribution in [3.05, 3.63) is 28.7 Å². The summed E-state index contributed by atoms with van der Waals surface area (Å²) in [6.07, 6.45) is 0. The minimum Gasteiger partial charge on any atom is -0.468 e. The van der Waals surface area contributed by atoms with Crippen LogP contribution in [0, 0.1) is 0 Å². The second kappa shape index (κ2) is 3.58. The first-order valence-corrected chi connectivity index (χ1v) is 3.61. The van der Waals surface area contributed by atoms with E-state index < -0.39 is 0 Å². The number of aliphatic hydroxyl groups excluding tert-OH is 1. The largest absolute Gasteiger partial charge is 0.468 e. The molecule has 0 spiro atoms. The third-order valence-corrected chi connectivity index (χ3v) is 1.57. The molecule has 0 heterocycles. The van der Waals surface area contributed by atoms with Gasteiger partial charge in [0.1, 0.15) is 5.75 Å². The summed E-state index contributed by atoms with van der Waals surface area (Å²) in [5.41, 5.74) is 0. The fourth-order valence-corrected chi connectivity index (χ4v) is 0.870. The molecule has 0 saturated heterocycles. The highest BCUT2D eigenvalue weighted by Gasteiger charge is 1.89. The zero-order valence-corrected chi connectivity index (χ0v) is 6.84.